The van der Waals surface area contributed by atoms with Gasteiger partial charge in [0.25, 0.3) is 0 Å². The van der Waals surface area contributed by atoms with E-state index in [2.05, 4.69) is 24.4 Å². The zero-order chi connectivity index (χ0) is 13.2. The maximum Gasteiger partial charge on any atom is 0.119 e. The van der Waals surface area contributed by atoms with Crippen LogP contribution in [0.1, 0.15) is 37.8 Å². The number of unbranched alkanes of at least 4 members (excludes halogenated alkanes) is 2. The van der Waals surface area contributed by atoms with Gasteiger partial charge in [-0.25, -0.2) is 0 Å². The van der Waals surface area contributed by atoms with Crippen LogP contribution in [0.5, 0.6) is 5.75 Å². The van der Waals surface area contributed by atoms with Gasteiger partial charge in [-0.2, -0.15) is 0 Å². The van der Waals surface area contributed by atoms with E-state index in [-0.39, 0.29) is 0 Å². The first kappa shape index (κ1) is 15.0. The van der Waals surface area contributed by atoms with Gasteiger partial charge < -0.3 is 14.8 Å². The van der Waals surface area contributed by atoms with Crippen LogP contribution in [-0.2, 0) is 4.74 Å². The standard InChI is InChI=1S/C15H25NO2/c1-13(16-10-5-4-6-11-17-2)14-8-7-9-15(12-14)18-3/h7-9,12-13,16H,4-6,10-11H2,1-3H3. The van der Waals surface area contributed by atoms with Crippen LogP contribution in [0.3, 0.4) is 0 Å². The molecule has 0 aromatic heterocycles. The van der Waals surface area contributed by atoms with Crippen LogP contribution < -0.4 is 10.1 Å². The lowest BCUT2D eigenvalue weighted by Gasteiger charge is -2.15. The summed E-state index contributed by atoms with van der Waals surface area (Å²) in [7, 11) is 3.45. The first-order chi connectivity index (χ1) is 8.77. The first-order valence-corrected chi connectivity index (χ1v) is 6.64. The average molecular weight is 251 g/mol. The minimum absolute atomic E-state index is 0.363. The smallest absolute Gasteiger partial charge is 0.119 e. The van der Waals surface area contributed by atoms with Gasteiger partial charge in [0, 0.05) is 19.8 Å². The second-order valence-electron chi connectivity index (χ2n) is 4.51. The molecule has 1 unspecified atom stereocenters. The van der Waals surface area contributed by atoms with E-state index in [4.69, 9.17) is 9.47 Å². The lowest BCUT2D eigenvalue weighted by Crippen LogP contribution is -2.19. The van der Waals surface area contributed by atoms with Crippen LogP contribution in [0.2, 0.25) is 0 Å². The molecule has 0 fully saturated rings. The van der Waals surface area contributed by atoms with Gasteiger partial charge in [0.1, 0.15) is 5.75 Å². The van der Waals surface area contributed by atoms with E-state index in [1.54, 1.807) is 14.2 Å². The molecule has 3 nitrogen and oxygen atoms in total. The molecule has 0 amide bonds. The largest absolute Gasteiger partial charge is 0.497 e. The van der Waals surface area contributed by atoms with Gasteiger partial charge in [-0.3, -0.25) is 0 Å². The maximum atomic E-state index is 5.23. The summed E-state index contributed by atoms with van der Waals surface area (Å²) in [4.78, 5) is 0. The molecular weight excluding hydrogens is 226 g/mol. The summed E-state index contributed by atoms with van der Waals surface area (Å²) >= 11 is 0. The van der Waals surface area contributed by atoms with E-state index in [0.29, 0.717) is 6.04 Å². The van der Waals surface area contributed by atoms with Crippen molar-refractivity contribution < 1.29 is 9.47 Å². The van der Waals surface area contributed by atoms with Gasteiger partial charge in [0.05, 0.1) is 7.11 Å². The molecule has 0 saturated heterocycles. The Labute approximate surface area is 110 Å². The highest BCUT2D eigenvalue weighted by Crippen LogP contribution is 2.18. The molecule has 0 radical (unpaired) electrons. The molecule has 1 aromatic rings. The molecule has 0 bridgehead atoms. The number of hydrogen-bond acceptors (Lipinski definition) is 3. The number of ether oxygens (including phenoxy) is 2. The summed E-state index contributed by atoms with van der Waals surface area (Å²) in [6.07, 6.45) is 3.55. The van der Waals surface area contributed by atoms with Gasteiger partial charge in [-0.15, -0.1) is 0 Å². The van der Waals surface area contributed by atoms with Crippen molar-refractivity contribution in [3.8, 4) is 5.75 Å². The summed E-state index contributed by atoms with van der Waals surface area (Å²) in [5.41, 5.74) is 1.27. The zero-order valence-corrected chi connectivity index (χ0v) is 11.7. The third-order valence-corrected chi connectivity index (χ3v) is 3.07. The zero-order valence-electron chi connectivity index (χ0n) is 11.7. The van der Waals surface area contributed by atoms with Crippen LogP contribution in [0.25, 0.3) is 0 Å². The Hall–Kier alpha value is -1.06. The van der Waals surface area contributed by atoms with Crippen LogP contribution in [0.15, 0.2) is 24.3 Å². The number of rotatable bonds is 9. The Morgan fingerprint density at radius 1 is 1.17 bits per heavy atom. The normalized spacial score (nSPS) is 12.4. The van der Waals surface area contributed by atoms with E-state index in [0.717, 1.165) is 25.3 Å². The van der Waals surface area contributed by atoms with Crippen LogP contribution in [-0.4, -0.2) is 27.4 Å². The molecule has 1 N–H and O–H groups in total. The highest BCUT2D eigenvalue weighted by molar-refractivity contribution is 5.30. The molecule has 0 aliphatic heterocycles. The fourth-order valence-corrected chi connectivity index (χ4v) is 1.90. The van der Waals surface area contributed by atoms with Crippen molar-refractivity contribution in [2.45, 2.75) is 32.2 Å². The number of methoxy groups -OCH3 is 2. The van der Waals surface area contributed by atoms with Crippen molar-refractivity contribution in [3.05, 3.63) is 29.8 Å². The monoisotopic (exact) mass is 251 g/mol. The van der Waals surface area contributed by atoms with Gasteiger partial charge in [0.15, 0.2) is 0 Å². The highest BCUT2D eigenvalue weighted by atomic mass is 16.5. The van der Waals surface area contributed by atoms with E-state index in [1.165, 1.54) is 18.4 Å². The lowest BCUT2D eigenvalue weighted by molar-refractivity contribution is 0.192. The van der Waals surface area contributed by atoms with Gasteiger partial charge in [-0.1, -0.05) is 12.1 Å². The van der Waals surface area contributed by atoms with E-state index >= 15 is 0 Å². The van der Waals surface area contributed by atoms with Gasteiger partial charge in [-0.05, 0) is 50.4 Å². The molecule has 1 rings (SSSR count). The Morgan fingerprint density at radius 3 is 2.72 bits per heavy atom. The summed E-state index contributed by atoms with van der Waals surface area (Å²) in [6, 6.07) is 8.59. The van der Waals surface area contributed by atoms with E-state index < -0.39 is 0 Å². The average Bonchev–Trinajstić information content (AvgIpc) is 2.42. The third-order valence-electron chi connectivity index (χ3n) is 3.07. The fraction of sp³-hybridized carbons (Fsp3) is 0.600. The Kier molecular flexibility index (Phi) is 7.46. The van der Waals surface area contributed by atoms with Crippen molar-refractivity contribution in [2.75, 3.05) is 27.4 Å². The van der Waals surface area contributed by atoms with Gasteiger partial charge in [0.2, 0.25) is 0 Å². The highest BCUT2D eigenvalue weighted by Gasteiger charge is 2.04. The molecule has 0 aliphatic carbocycles. The lowest BCUT2D eigenvalue weighted by atomic mass is 10.1. The second-order valence-corrected chi connectivity index (χ2v) is 4.51. The van der Waals surface area contributed by atoms with Crippen molar-refractivity contribution in [1.82, 2.24) is 5.32 Å². The van der Waals surface area contributed by atoms with Crippen LogP contribution in [0.4, 0.5) is 0 Å². The van der Waals surface area contributed by atoms with Crippen LogP contribution >= 0.6 is 0 Å². The minimum atomic E-state index is 0.363. The quantitative estimate of drug-likeness (QED) is 0.684. The van der Waals surface area contributed by atoms with Crippen LogP contribution in [0, 0.1) is 0 Å². The number of nitrogens with one attached hydrogen (secondary N) is 1. The molecule has 0 saturated carbocycles. The van der Waals surface area contributed by atoms with Gasteiger partial charge >= 0.3 is 0 Å². The predicted octanol–water partition coefficient (Wildman–Crippen LogP) is 3.16. The molecule has 0 aliphatic rings. The molecule has 102 valence electrons. The molecule has 1 atom stereocenters. The van der Waals surface area contributed by atoms with E-state index in [1.807, 2.05) is 12.1 Å². The Balaban J connectivity index is 2.25. The summed E-state index contributed by atoms with van der Waals surface area (Å²) in [5, 5.41) is 3.53. The second kappa shape index (κ2) is 8.95. The van der Waals surface area contributed by atoms with E-state index in [9.17, 15) is 0 Å². The van der Waals surface area contributed by atoms with Crippen molar-refractivity contribution >= 4 is 0 Å². The molecule has 3 heteroatoms. The Bertz CT molecular complexity index is 328. The topological polar surface area (TPSA) is 30.5 Å². The van der Waals surface area contributed by atoms with Crippen molar-refractivity contribution in [2.24, 2.45) is 0 Å². The molecular formula is C15H25NO2. The fourth-order valence-electron chi connectivity index (χ4n) is 1.90. The number of benzene rings is 1. The molecule has 18 heavy (non-hydrogen) atoms. The third kappa shape index (κ3) is 5.52. The predicted molar refractivity (Wildman–Crippen MR) is 75.1 cm³/mol. The maximum absolute atomic E-state index is 5.23. The molecule has 0 spiro atoms. The Morgan fingerprint density at radius 2 is 2.00 bits per heavy atom. The van der Waals surface area contributed by atoms with Crippen molar-refractivity contribution in [3.63, 3.8) is 0 Å². The first-order valence-electron chi connectivity index (χ1n) is 6.64. The van der Waals surface area contributed by atoms with Crippen molar-refractivity contribution in [1.29, 1.82) is 0 Å². The number of hydrogen-bond donors (Lipinski definition) is 1. The molecule has 0 heterocycles. The summed E-state index contributed by atoms with van der Waals surface area (Å²) < 4.78 is 10.3. The molecule has 1 aromatic carbocycles. The summed E-state index contributed by atoms with van der Waals surface area (Å²) in [5.74, 6) is 0.918. The SMILES string of the molecule is COCCCCCNC(C)c1cccc(OC)c1. The minimum Gasteiger partial charge on any atom is -0.497 e. The summed E-state index contributed by atoms with van der Waals surface area (Å²) in [6.45, 7) is 4.09.